The fraction of sp³-hybridized carbons (Fsp3) is 0.444. The molecular formula is C18H23N3O. The zero-order chi connectivity index (χ0) is 15.7. The van der Waals surface area contributed by atoms with Crippen molar-refractivity contribution >= 4 is 0 Å². The fourth-order valence-electron chi connectivity index (χ4n) is 3.14. The van der Waals surface area contributed by atoms with Gasteiger partial charge in [0.1, 0.15) is 0 Å². The Morgan fingerprint density at radius 2 is 1.95 bits per heavy atom. The summed E-state index contributed by atoms with van der Waals surface area (Å²) in [6.45, 7) is 4.32. The number of hydrogen-bond acceptors (Lipinski definition) is 3. The first-order chi connectivity index (χ1) is 10.6. The average Bonchev–Trinajstić information content (AvgIpc) is 2.54. The van der Waals surface area contributed by atoms with Gasteiger partial charge in [-0.1, -0.05) is 12.1 Å². The number of aryl methyl sites for hydroxylation is 3. The van der Waals surface area contributed by atoms with Gasteiger partial charge in [0.25, 0.3) is 5.56 Å². The zero-order valence-corrected chi connectivity index (χ0v) is 13.3. The predicted octanol–water partition coefficient (Wildman–Crippen LogP) is 2.83. The molecule has 4 nitrogen and oxygen atoms in total. The maximum atomic E-state index is 12.3. The number of aromatic nitrogens is 2. The Labute approximate surface area is 131 Å². The standard InChI is InChI=1S/C18H23N3O/c1-3-21-18(22)16(12(2)19)11-17(20-21)15-9-8-13-6-4-5-7-14(13)10-15/h8-12H,3-7,19H2,1-2H3. The maximum Gasteiger partial charge on any atom is 0.271 e. The molecule has 1 aliphatic carbocycles. The third-order valence-corrected chi connectivity index (χ3v) is 4.44. The lowest BCUT2D eigenvalue weighted by Crippen LogP contribution is -2.29. The molecule has 2 N–H and O–H groups in total. The summed E-state index contributed by atoms with van der Waals surface area (Å²) in [7, 11) is 0. The average molecular weight is 297 g/mol. The van der Waals surface area contributed by atoms with Crippen LogP contribution in [0, 0.1) is 0 Å². The normalized spacial score (nSPS) is 15.4. The van der Waals surface area contributed by atoms with Crippen molar-refractivity contribution in [3.05, 3.63) is 51.3 Å². The van der Waals surface area contributed by atoms with Crippen molar-refractivity contribution in [1.82, 2.24) is 9.78 Å². The molecule has 22 heavy (non-hydrogen) atoms. The lowest BCUT2D eigenvalue weighted by Gasteiger charge is -2.17. The molecule has 4 heteroatoms. The van der Waals surface area contributed by atoms with Crippen LogP contribution in [0.2, 0.25) is 0 Å². The van der Waals surface area contributed by atoms with E-state index in [0.29, 0.717) is 12.1 Å². The molecule has 1 aromatic carbocycles. The van der Waals surface area contributed by atoms with Crippen LogP contribution in [0.3, 0.4) is 0 Å². The third kappa shape index (κ3) is 2.71. The largest absolute Gasteiger partial charge is 0.324 e. The molecule has 116 valence electrons. The number of nitrogens with two attached hydrogens (primary N) is 1. The molecule has 0 radical (unpaired) electrons. The minimum atomic E-state index is -0.287. The van der Waals surface area contributed by atoms with E-state index < -0.39 is 0 Å². The van der Waals surface area contributed by atoms with Crippen LogP contribution in [0.4, 0.5) is 0 Å². The Morgan fingerprint density at radius 1 is 1.23 bits per heavy atom. The van der Waals surface area contributed by atoms with Crippen LogP contribution in [0.5, 0.6) is 0 Å². The van der Waals surface area contributed by atoms with Gasteiger partial charge in [-0.2, -0.15) is 5.10 Å². The summed E-state index contributed by atoms with van der Waals surface area (Å²) in [6.07, 6.45) is 4.84. The smallest absolute Gasteiger partial charge is 0.271 e. The van der Waals surface area contributed by atoms with E-state index in [1.54, 1.807) is 0 Å². The first-order valence-electron chi connectivity index (χ1n) is 8.10. The van der Waals surface area contributed by atoms with Crippen LogP contribution < -0.4 is 11.3 Å². The number of rotatable bonds is 3. The van der Waals surface area contributed by atoms with E-state index >= 15 is 0 Å². The van der Waals surface area contributed by atoms with E-state index in [4.69, 9.17) is 5.73 Å². The van der Waals surface area contributed by atoms with Crippen molar-refractivity contribution in [1.29, 1.82) is 0 Å². The van der Waals surface area contributed by atoms with Crippen molar-refractivity contribution in [2.24, 2.45) is 5.73 Å². The Kier molecular flexibility index (Phi) is 4.12. The minimum absolute atomic E-state index is 0.0841. The summed E-state index contributed by atoms with van der Waals surface area (Å²) in [5, 5.41) is 4.50. The Bertz CT molecular complexity index is 746. The van der Waals surface area contributed by atoms with Crippen LogP contribution in [0.15, 0.2) is 29.1 Å². The molecule has 0 fully saturated rings. The Hall–Kier alpha value is -1.94. The summed E-state index contributed by atoms with van der Waals surface area (Å²) in [5.74, 6) is 0. The van der Waals surface area contributed by atoms with Gasteiger partial charge in [0.05, 0.1) is 5.69 Å². The molecule has 0 saturated heterocycles. The third-order valence-electron chi connectivity index (χ3n) is 4.44. The van der Waals surface area contributed by atoms with Gasteiger partial charge in [-0.15, -0.1) is 0 Å². The molecule has 0 aliphatic heterocycles. The summed E-state index contributed by atoms with van der Waals surface area (Å²) >= 11 is 0. The van der Waals surface area contributed by atoms with Crippen molar-refractivity contribution in [2.75, 3.05) is 0 Å². The van der Waals surface area contributed by atoms with Crippen LogP contribution in [0.1, 0.15) is 49.4 Å². The molecule has 0 amide bonds. The van der Waals surface area contributed by atoms with Gasteiger partial charge in [-0.25, -0.2) is 4.68 Å². The summed E-state index contributed by atoms with van der Waals surface area (Å²) in [5.41, 5.74) is 11.3. The first-order valence-corrected chi connectivity index (χ1v) is 8.10. The van der Waals surface area contributed by atoms with Crippen LogP contribution in [-0.2, 0) is 19.4 Å². The quantitative estimate of drug-likeness (QED) is 0.947. The van der Waals surface area contributed by atoms with E-state index in [2.05, 4.69) is 23.3 Å². The molecule has 2 aromatic rings. The van der Waals surface area contributed by atoms with Gasteiger partial charge in [-0.05, 0) is 62.8 Å². The van der Waals surface area contributed by atoms with Gasteiger partial charge in [0.15, 0.2) is 0 Å². The Morgan fingerprint density at radius 3 is 2.64 bits per heavy atom. The summed E-state index contributed by atoms with van der Waals surface area (Å²) in [6, 6.07) is 8.11. The molecule has 0 spiro atoms. The number of benzene rings is 1. The van der Waals surface area contributed by atoms with Gasteiger partial charge in [-0.3, -0.25) is 4.79 Å². The van der Waals surface area contributed by atoms with Gasteiger partial charge >= 0.3 is 0 Å². The number of fused-ring (bicyclic) bond motifs is 1. The second-order valence-corrected chi connectivity index (χ2v) is 6.09. The minimum Gasteiger partial charge on any atom is -0.324 e. The van der Waals surface area contributed by atoms with E-state index in [1.165, 1.54) is 35.1 Å². The lowest BCUT2D eigenvalue weighted by molar-refractivity contribution is 0.601. The van der Waals surface area contributed by atoms with Crippen molar-refractivity contribution < 1.29 is 0 Å². The maximum absolute atomic E-state index is 12.3. The molecule has 1 aliphatic rings. The van der Waals surface area contributed by atoms with Gasteiger partial charge in [0, 0.05) is 23.7 Å². The molecule has 1 atom stereocenters. The van der Waals surface area contributed by atoms with Crippen molar-refractivity contribution in [3.8, 4) is 11.3 Å². The SMILES string of the molecule is CCn1nc(-c2ccc3c(c2)CCCC3)cc(C(C)N)c1=O. The molecule has 1 heterocycles. The second kappa shape index (κ2) is 6.05. The molecule has 1 unspecified atom stereocenters. The molecule has 0 saturated carbocycles. The molecular weight excluding hydrogens is 274 g/mol. The highest BCUT2D eigenvalue weighted by atomic mass is 16.1. The topological polar surface area (TPSA) is 60.9 Å². The highest BCUT2D eigenvalue weighted by molar-refractivity contribution is 5.61. The molecule has 3 rings (SSSR count). The lowest BCUT2D eigenvalue weighted by atomic mass is 9.90. The zero-order valence-electron chi connectivity index (χ0n) is 13.3. The molecule has 0 bridgehead atoms. The first kappa shape index (κ1) is 15.0. The van der Waals surface area contributed by atoms with Crippen LogP contribution >= 0.6 is 0 Å². The van der Waals surface area contributed by atoms with Gasteiger partial charge < -0.3 is 5.73 Å². The van der Waals surface area contributed by atoms with Crippen molar-refractivity contribution in [3.63, 3.8) is 0 Å². The van der Waals surface area contributed by atoms with Gasteiger partial charge in [0.2, 0.25) is 0 Å². The van der Waals surface area contributed by atoms with E-state index in [9.17, 15) is 4.79 Å². The fourth-order valence-corrected chi connectivity index (χ4v) is 3.14. The monoisotopic (exact) mass is 297 g/mol. The highest BCUT2D eigenvalue weighted by Gasteiger charge is 2.14. The summed E-state index contributed by atoms with van der Waals surface area (Å²) in [4.78, 5) is 12.3. The van der Waals surface area contributed by atoms with Crippen LogP contribution in [0.25, 0.3) is 11.3 Å². The van der Waals surface area contributed by atoms with Crippen molar-refractivity contribution in [2.45, 2.75) is 52.1 Å². The van der Waals surface area contributed by atoms with E-state index in [-0.39, 0.29) is 11.6 Å². The summed E-state index contributed by atoms with van der Waals surface area (Å²) < 4.78 is 1.51. The van der Waals surface area contributed by atoms with E-state index in [0.717, 1.165) is 17.7 Å². The number of hydrogen-bond donors (Lipinski definition) is 1. The predicted molar refractivity (Wildman–Crippen MR) is 88.9 cm³/mol. The van der Waals surface area contributed by atoms with E-state index in [1.807, 2.05) is 19.9 Å². The highest BCUT2D eigenvalue weighted by Crippen LogP contribution is 2.26. The van der Waals surface area contributed by atoms with Crippen LogP contribution in [-0.4, -0.2) is 9.78 Å². The Balaban J connectivity index is 2.11. The molecule has 1 aromatic heterocycles. The second-order valence-electron chi connectivity index (χ2n) is 6.09. The number of nitrogens with zero attached hydrogens (tertiary/aromatic N) is 2.